The lowest BCUT2D eigenvalue weighted by atomic mass is 10.1. The molecule has 0 spiro atoms. The number of benzene rings is 2. The molecule has 0 fully saturated rings. The van der Waals surface area contributed by atoms with Crippen molar-refractivity contribution in [3.05, 3.63) is 78.2 Å². The van der Waals surface area contributed by atoms with E-state index in [0.717, 1.165) is 45.8 Å². The summed E-state index contributed by atoms with van der Waals surface area (Å²) in [6, 6.07) is 20.6. The molecule has 26 heavy (non-hydrogen) atoms. The van der Waals surface area contributed by atoms with Gasteiger partial charge >= 0.3 is 0 Å². The minimum absolute atomic E-state index is 0.170. The van der Waals surface area contributed by atoms with Crippen LogP contribution in [-0.2, 0) is 12.8 Å². The van der Waals surface area contributed by atoms with E-state index in [1.54, 1.807) is 0 Å². The number of aliphatic hydroxyl groups excluding tert-OH is 1. The summed E-state index contributed by atoms with van der Waals surface area (Å²) < 4.78 is 2.21. The molecule has 4 heteroatoms. The monoisotopic (exact) mass is 343 g/mol. The number of hydrogen-bond acceptors (Lipinski definition) is 3. The smallest absolute Gasteiger partial charge is 0.114 e. The summed E-state index contributed by atoms with van der Waals surface area (Å²) in [5.41, 5.74) is 6.33. The van der Waals surface area contributed by atoms with Crippen LogP contribution in [0.3, 0.4) is 0 Å². The molecule has 2 aromatic heterocycles. The molecule has 0 aliphatic carbocycles. The van der Waals surface area contributed by atoms with Gasteiger partial charge in [0.15, 0.2) is 0 Å². The maximum Gasteiger partial charge on any atom is 0.114 e. The van der Waals surface area contributed by atoms with Crippen molar-refractivity contribution in [2.24, 2.45) is 0 Å². The first-order valence-electron chi connectivity index (χ1n) is 8.93. The Labute approximate surface area is 152 Å². The second kappa shape index (κ2) is 7.10. The van der Waals surface area contributed by atoms with Crippen molar-refractivity contribution in [3.63, 3.8) is 0 Å². The molecule has 2 aromatic carbocycles. The molecule has 0 saturated heterocycles. The molecule has 2 heterocycles. The first kappa shape index (κ1) is 16.5. The molecule has 130 valence electrons. The Kier molecular flexibility index (Phi) is 4.50. The molecule has 4 rings (SSSR count). The van der Waals surface area contributed by atoms with Crippen LogP contribution in [0.5, 0.6) is 0 Å². The molecule has 1 N–H and O–H groups in total. The molecule has 0 aliphatic heterocycles. The van der Waals surface area contributed by atoms with Gasteiger partial charge in [-0.2, -0.15) is 0 Å². The topological polar surface area (TPSA) is 50.9 Å². The lowest BCUT2D eigenvalue weighted by molar-refractivity contribution is 0.299. The van der Waals surface area contributed by atoms with Crippen LogP contribution in [0.4, 0.5) is 0 Å². The minimum Gasteiger partial charge on any atom is -0.396 e. The van der Waals surface area contributed by atoms with Gasteiger partial charge in [0.2, 0.25) is 0 Å². The van der Waals surface area contributed by atoms with Crippen LogP contribution in [0.1, 0.15) is 18.3 Å². The van der Waals surface area contributed by atoms with Gasteiger partial charge in [-0.25, -0.2) is 4.98 Å². The van der Waals surface area contributed by atoms with Gasteiger partial charge in [-0.3, -0.25) is 9.55 Å². The van der Waals surface area contributed by atoms with Gasteiger partial charge in [0.1, 0.15) is 5.82 Å². The molecule has 0 bridgehead atoms. The predicted octanol–water partition coefficient (Wildman–Crippen LogP) is 4.18. The van der Waals surface area contributed by atoms with E-state index in [-0.39, 0.29) is 6.61 Å². The van der Waals surface area contributed by atoms with Crippen molar-refractivity contribution in [2.45, 2.75) is 19.8 Å². The molecule has 4 nitrogen and oxygen atoms in total. The maximum absolute atomic E-state index is 9.10. The minimum atomic E-state index is 0.170. The van der Waals surface area contributed by atoms with Gasteiger partial charge in [-0.15, -0.1) is 0 Å². The van der Waals surface area contributed by atoms with Crippen molar-refractivity contribution in [2.75, 3.05) is 6.61 Å². The van der Waals surface area contributed by atoms with Gasteiger partial charge in [0, 0.05) is 30.5 Å². The van der Waals surface area contributed by atoms with E-state index in [2.05, 4.69) is 58.9 Å². The second-order valence-electron chi connectivity index (χ2n) is 6.28. The van der Waals surface area contributed by atoms with Crippen molar-refractivity contribution < 1.29 is 5.11 Å². The predicted molar refractivity (Wildman–Crippen MR) is 104 cm³/mol. The summed E-state index contributed by atoms with van der Waals surface area (Å²) in [7, 11) is 0. The molecule has 0 atom stereocenters. The summed E-state index contributed by atoms with van der Waals surface area (Å²) in [5, 5.41) is 9.10. The second-order valence-corrected chi connectivity index (χ2v) is 6.28. The van der Waals surface area contributed by atoms with Crippen molar-refractivity contribution in [1.29, 1.82) is 0 Å². The van der Waals surface area contributed by atoms with Crippen LogP contribution < -0.4 is 0 Å². The Hall–Kier alpha value is -2.98. The summed E-state index contributed by atoms with van der Waals surface area (Å²) in [4.78, 5) is 9.28. The highest BCUT2D eigenvalue weighted by molar-refractivity contribution is 5.83. The van der Waals surface area contributed by atoms with E-state index in [9.17, 15) is 0 Å². The summed E-state index contributed by atoms with van der Waals surface area (Å²) in [6.45, 7) is 2.29. The van der Waals surface area contributed by atoms with Crippen LogP contribution in [0.25, 0.3) is 28.0 Å². The average Bonchev–Trinajstić information content (AvgIpc) is 3.07. The molecule has 0 unspecified atom stereocenters. The highest BCUT2D eigenvalue weighted by atomic mass is 16.2. The number of fused-ring (bicyclic) bond motifs is 1. The summed E-state index contributed by atoms with van der Waals surface area (Å²) >= 11 is 0. The molecule has 0 aliphatic rings. The number of imidazole rings is 1. The number of aliphatic hydroxyl groups is 1. The molecule has 0 saturated carbocycles. The molecular formula is C22H21N3O. The van der Waals surface area contributed by atoms with E-state index >= 15 is 0 Å². The van der Waals surface area contributed by atoms with Crippen LogP contribution in [-0.4, -0.2) is 26.2 Å². The Balaban J connectivity index is 1.81. The van der Waals surface area contributed by atoms with E-state index in [0.29, 0.717) is 6.42 Å². The van der Waals surface area contributed by atoms with Crippen molar-refractivity contribution in [1.82, 2.24) is 14.5 Å². The maximum atomic E-state index is 9.10. The number of hydrogen-bond donors (Lipinski definition) is 1. The van der Waals surface area contributed by atoms with Crippen LogP contribution >= 0.6 is 0 Å². The van der Waals surface area contributed by atoms with E-state index in [4.69, 9.17) is 10.1 Å². The zero-order valence-electron chi connectivity index (χ0n) is 14.8. The Morgan fingerprint density at radius 3 is 2.54 bits per heavy atom. The van der Waals surface area contributed by atoms with Gasteiger partial charge < -0.3 is 5.11 Å². The standard InChI is InChI=1S/C22H21N3O/c1-2-22-24-20-15-17(19-5-3-4-13-23-19)8-11-21(20)25(22)18-9-6-16(7-10-18)12-14-26/h3-11,13,15,26H,2,12,14H2,1H3. The summed E-state index contributed by atoms with van der Waals surface area (Å²) in [6.07, 6.45) is 3.34. The van der Waals surface area contributed by atoms with Gasteiger partial charge in [-0.05, 0) is 48.4 Å². The number of pyridine rings is 1. The zero-order valence-corrected chi connectivity index (χ0v) is 14.8. The first-order chi connectivity index (χ1) is 12.8. The molecule has 0 amide bonds. The Morgan fingerprint density at radius 1 is 1.00 bits per heavy atom. The average molecular weight is 343 g/mol. The van der Waals surface area contributed by atoms with Gasteiger partial charge in [0.05, 0.1) is 16.7 Å². The highest BCUT2D eigenvalue weighted by Crippen LogP contribution is 2.26. The third-order valence-corrected chi connectivity index (χ3v) is 4.60. The van der Waals surface area contributed by atoms with E-state index in [1.807, 2.05) is 24.4 Å². The normalized spacial score (nSPS) is 11.2. The highest BCUT2D eigenvalue weighted by Gasteiger charge is 2.12. The van der Waals surface area contributed by atoms with E-state index < -0.39 is 0 Å². The van der Waals surface area contributed by atoms with Crippen molar-refractivity contribution in [3.8, 4) is 16.9 Å². The fraction of sp³-hybridized carbons (Fsp3) is 0.182. The molecule has 4 aromatic rings. The van der Waals surface area contributed by atoms with Crippen LogP contribution in [0, 0.1) is 0 Å². The number of rotatable bonds is 5. The molecular weight excluding hydrogens is 322 g/mol. The number of aryl methyl sites for hydroxylation is 1. The summed E-state index contributed by atoms with van der Waals surface area (Å²) in [5.74, 6) is 1.04. The number of nitrogens with zero attached hydrogens (tertiary/aromatic N) is 3. The quantitative estimate of drug-likeness (QED) is 0.591. The Bertz CT molecular complexity index is 1020. The largest absolute Gasteiger partial charge is 0.396 e. The zero-order chi connectivity index (χ0) is 17.9. The van der Waals surface area contributed by atoms with Crippen LogP contribution in [0.2, 0.25) is 0 Å². The third-order valence-electron chi connectivity index (χ3n) is 4.60. The first-order valence-corrected chi connectivity index (χ1v) is 8.93. The fourth-order valence-corrected chi connectivity index (χ4v) is 3.29. The van der Waals surface area contributed by atoms with Gasteiger partial charge in [-0.1, -0.05) is 31.2 Å². The SMILES string of the molecule is CCc1nc2cc(-c3ccccn3)ccc2n1-c1ccc(CCO)cc1. The van der Waals surface area contributed by atoms with E-state index in [1.165, 1.54) is 0 Å². The van der Waals surface area contributed by atoms with Crippen LogP contribution in [0.15, 0.2) is 66.9 Å². The Morgan fingerprint density at radius 2 is 1.85 bits per heavy atom. The number of aromatic nitrogens is 3. The van der Waals surface area contributed by atoms with Crippen molar-refractivity contribution >= 4 is 11.0 Å². The fourth-order valence-electron chi connectivity index (χ4n) is 3.29. The lowest BCUT2D eigenvalue weighted by Crippen LogP contribution is -2.00. The third kappa shape index (κ3) is 3.00. The molecule has 0 radical (unpaired) electrons. The lowest BCUT2D eigenvalue weighted by Gasteiger charge is -2.09. The van der Waals surface area contributed by atoms with Gasteiger partial charge in [0.25, 0.3) is 0 Å².